The molecule has 0 bridgehead atoms. The van der Waals surface area contributed by atoms with Crippen molar-refractivity contribution in [2.24, 2.45) is 0 Å². The van der Waals surface area contributed by atoms with Gasteiger partial charge in [0.05, 0.1) is 11.7 Å². The lowest BCUT2D eigenvalue weighted by atomic mass is 10.0. The first-order valence-electron chi connectivity index (χ1n) is 8.25. The van der Waals surface area contributed by atoms with Crippen LogP contribution in [0.5, 0.6) is 0 Å². The Hall–Kier alpha value is -2.21. The minimum Gasteiger partial charge on any atom is -0.346 e. The first-order chi connectivity index (χ1) is 11.2. The summed E-state index contributed by atoms with van der Waals surface area (Å²) in [5.41, 5.74) is 3.20. The lowest BCUT2D eigenvalue weighted by molar-refractivity contribution is 0.367. The average molecular weight is 311 g/mol. The predicted octanol–water partition coefficient (Wildman–Crippen LogP) is 2.32. The number of H-pyrrole nitrogens is 1. The first kappa shape index (κ1) is 14.4. The van der Waals surface area contributed by atoms with Gasteiger partial charge in [-0.15, -0.1) is 0 Å². The molecule has 0 atom stereocenters. The fourth-order valence-corrected chi connectivity index (χ4v) is 3.51. The summed E-state index contributed by atoms with van der Waals surface area (Å²) in [5.74, 6) is 0.0989. The van der Waals surface area contributed by atoms with E-state index >= 15 is 0 Å². The normalized spacial score (nSPS) is 16.7. The molecule has 0 amide bonds. The number of hydrogen-bond donors (Lipinski definition) is 2. The molecule has 0 aliphatic carbocycles. The number of aromatic nitrogens is 4. The molecule has 3 aromatic rings. The SMILES string of the molecule is CC(C)c1nc2cnc3[nH]ccc3c2n(C2CCNCC2)c1=O. The highest BCUT2D eigenvalue weighted by molar-refractivity contribution is 6.00. The van der Waals surface area contributed by atoms with Gasteiger partial charge in [-0.05, 0) is 32.0 Å². The molecular formula is C17H21N5O. The maximum absolute atomic E-state index is 13.1. The molecule has 4 rings (SSSR count). The van der Waals surface area contributed by atoms with Crippen LogP contribution in [0.3, 0.4) is 0 Å². The van der Waals surface area contributed by atoms with Crippen molar-refractivity contribution in [1.29, 1.82) is 0 Å². The number of hydrogen-bond acceptors (Lipinski definition) is 4. The van der Waals surface area contributed by atoms with Crippen molar-refractivity contribution in [2.75, 3.05) is 13.1 Å². The average Bonchev–Trinajstić information content (AvgIpc) is 3.03. The summed E-state index contributed by atoms with van der Waals surface area (Å²) in [5, 5.41) is 4.35. The van der Waals surface area contributed by atoms with Crippen molar-refractivity contribution < 1.29 is 0 Å². The summed E-state index contributed by atoms with van der Waals surface area (Å²) in [6, 6.07) is 2.20. The van der Waals surface area contributed by atoms with Crippen LogP contribution in [0.2, 0.25) is 0 Å². The molecule has 1 saturated heterocycles. The van der Waals surface area contributed by atoms with Crippen molar-refractivity contribution >= 4 is 22.1 Å². The van der Waals surface area contributed by atoms with Gasteiger partial charge < -0.3 is 14.9 Å². The number of piperidine rings is 1. The van der Waals surface area contributed by atoms with Crippen molar-refractivity contribution in [1.82, 2.24) is 24.8 Å². The maximum Gasteiger partial charge on any atom is 0.273 e. The molecule has 120 valence electrons. The van der Waals surface area contributed by atoms with Gasteiger partial charge in [-0.3, -0.25) is 4.79 Å². The molecule has 0 unspecified atom stereocenters. The molecule has 6 heteroatoms. The van der Waals surface area contributed by atoms with E-state index < -0.39 is 0 Å². The monoisotopic (exact) mass is 311 g/mol. The summed E-state index contributed by atoms with van der Waals surface area (Å²) < 4.78 is 1.98. The highest BCUT2D eigenvalue weighted by Crippen LogP contribution is 2.27. The second-order valence-electron chi connectivity index (χ2n) is 6.54. The quantitative estimate of drug-likeness (QED) is 0.761. The van der Waals surface area contributed by atoms with E-state index in [4.69, 9.17) is 0 Å². The Morgan fingerprint density at radius 3 is 2.83 bits per heavy atom. The van der Waals surface area contributed by atoms with Gasteiger partial charge in [-0.1, -0.05) is 13.8 Å². The fourth-order valence-electron chi connectivity index (χ4n) is 3.51. The van der Waals surface area contributed by atoms with Gasteiger partial charge >= 0.3 is 0 Å². The highest BCUT2D eigenvalue weighted by atomic mass is 16.1. The van der Waals surface area contributed by atoms with Crippen LogP contribution >= 0.6 is 0 Å². The van der Waals surface area contributed by atoms with E-state index in [1.54, 1.807) is 6.20 Å². The van der Waals surface area contributed by atoms with Crippen LogP contribution in [-0.4, -0.2) is 32.6 Å². The Balaban J connectivity index is 2.11. The van der Waals surface area contributed by atoms with Gasteiger partial charge in [0.25, 0.3) is 5.56 Å². The van der Waals surface area contributed by atoms with E-state index in [1.165, 1.54) is 0 Å². The standard InChI is InChI=1S/C17H21N5O/c1-10(2)14-17(23)22(11-3-6-18-7-4-11)15-12-5-8-19-16(12)20-9-13(15)21-14/h5,8-11,18H,3-4,6-7H2,1-2H3,(H,19,20). The molecule has 4 heterocycles. The summed E-state index contributed by atoms with van der Waals surface area (Å²) in [6.07, 6.45) is 5.57. The third-order valence-corrected chi connectivity index (χ3v) is 4.68. The van der Waals surface area contributed by atoms with Crippen LogP contribution in [0.25, 0.3) is 22.1 Å². The van der Waals surface area contributed by atoms with Crippen LogP contribution in [0.4, 0.5) is 0 Å². The lowest BCUT2D eigenvalue weighted by Crippen LogP contribution is -2.36. The van der Waals surface area contributed by atoms with E-state index in [0.29, 0.717) is 5.69 Å². The Kier molecular flexibility index (Phi) is 3.41. The summed E-state index contributed by atoms with van der Waals surface area (Å²) in [6.45, 7) is 5.92. The van der Waals surface area contributed by atoms with E-state index in [1.807, 2.05) is 30.7 Å². The van der Waals surface area contributed by atoms with Gasteiger partial charge in [-0.25, -0.2) is 9.97 Å². The molecule has 0 saturated carbocycles. The summed E-state index contributed by atoms with van der Waals surface area (Å²) >= 11 is 0. The second kappa shape index (κ2) is 5.45. The van der Waals surface area contributed by atoms with E-state index in [0.717, 1.165) is 48.0 Å². The molecule has 3 aromatic heterocycles. The van der Waals surface area contributed by atoms with Crippen molar-refractivity contribution in [3.63, 3.8) is 0 Å². The highest BCUT2D eigenvalue weighted by Gasteiger charge is 2.23. The Labute approximate surface area is 133 Å². The molecule has 1 aliphatic heterocycles. The number of fused-ring (bicyclic) bond motifs is 3. The van der Waals surface area contributed by atoms with Gasteiger partial charge in [0.15, 0.2) is 0 Å². The molecule has 23 heavy (non-hydrogen) atoms. The van der Waals surface area contributed by atoms with Crippen LogP contribution in [0.15, 0.2) is 23.3 Å². The summed E-state index contributed by atoms with van der Waals surface area (Å²) in [4.78, 5) is 25.3. The Bertz CT molecular complexity index is 918. The van der Waals surface area contributed by atoms with Gasteiger partial charge in [-0.2, -0.15) is 0 Å². The third kappa shape index (κ3) is 2.25. The van der Waals surface area contributed by atoms with E-state index in [-0.39, 0.29) is 17.5 Å². The number of nitrogens with zero attached hydrogens (tertiary/aromatic N) is 3. The zero-order chi connectivity index (χ0) is 16.0. The smallest absolute Gasteiger partial charge is 0.273 e. The van der Waals surface area contributed by atoms with Crippen molar-refractivity contribution in [3.8, 4) is 0 Å². The minimum atomic E-state index is 0.0492. The summed E-state index contributed by atoms with van der Waals surface area (Å²) in [7, 11) is 0. The maximum atomic E-state index is 13.1. The van der Waals surface area contributed by atoms with Gasteiger partial charge in [0, 0.05) is 23.5 Å². The second-order valence-corrected chi connectivity index (χ2v) is 6.54. The number of nitrogens with one attached hydrogen (secondary N) is 2. The van der Waals surface area contributed by atoms with Crippen LogP contribution < -0.4 is 10.9 Å². The number of rotatable bonds is 2. The topological polar surface area (TPSA) is 75.6 Å². The van der Waals surface area contributed by atoms with Gasteiger partial charge in [0.1, 0.15) is 16.9 Å². The predicted molar refractivity (Wildman–Crippen MR) is 90.9 cm³/mol. The van der Waals surface area contributed by atoms with E-state index in [9.17, 15) is 4.79 Å². The van der Waals surface area contributed by atoms with Crippen LogP contribution in [-0.2, 0) is 0 Å². The first-order valence-corrected chi connectivity index (χ1v) is 8.25. The zero-order valence-corrected chi connectivity index (χ0v) is 13.5. The number of pyridine rings is 1. The Morgan fingerprint density at radius 2 is 2.09 bits per heavy atom. The number of aromatic amines is 1. The lowest BCUT2D eigenvalue weighted by Gasteiger charge is -2.27. The molecule has 6 nitrogen and oxygen atoms in total. The molecular weight excluding hydrogens is 290 g/mol. The largest absolute Gasteiger partial charge is 0.346 e. The molecule has 1 fully saturated rings. The zero-order valence-electron chi connectivity index (χ0n) is 13.5. The minimum absolute atomic E-state index is 0.0492. The fraction of sp³-hybridized carbons (Fsp3) is 0.471. The molecule has 1 aliphatic rings. The molecule has 2 N–H and O–H groups in total. The third-order valence-electron chi connectivity index (χ3n) is 4.68. The molecule has 0 spiro atoms. The van der Waals surface area contributed by atoms with Crippen molar-refractivity contribution in [2.45, 2.75) is 38.6 Å². The van der Waals surface area contributed by atoms with Crippen molar-refractivity contribution in [3.05, 3.63) is 34.5 Å². The molecule has 0 aromatic carbocycles. The van der Waals surface area contributed by atoms with Crippen LogP contribution in [0.1, 0.15) is 44.3 Å². The molecule has 0 radical (unpaired) electrons. The van der Waals surface area contributed by atoms with Crippen LogP contribution in [0, 0.1) is 0 Å². The Morgan fingerprint density at radius 1 is 1.30 bits per heavy atom. The van der Waals surface area contributed by atoms with E-state index in [2.05, 4.69) is 20.3 Å². The van der Waals surface area contributed by atoms with Gasteiger partial charge in [0.2, 0.25) is 0 Å².